The van der Waals surface area contributed by atoms with E-state index in [1.54, 1.807) is 14.2 Å². The van der Waals surface area contributed by atoms with Gasteiger partial charge in [-0.1, -0.05) is 38.1 Å². The van der Waals surface area contributed by atoms with Gasteiger partial charge in [-0.15, -0.1) is 0 Å². The lowest BCUT2D eigenvalue weighted by atomic mass is 9.88. The van der Waals surface area contributed by atoms with Crippen molar-refractivity contribution >= 4 is 5.91 Å². The zero-order valence-electron chi connectivity index (χ0n) is 18.1. The summed E-state index contributed by atoms with van der Waals surface area (Å²) in [6, 6.07) is 12.6. The third-order valence-corrected chi connectivity index (χ3v) is 5.94. The van der Waals surface area contributed by atoms with Gasteiger partial charge in [0.2, 0.25) is 5.91 Å². The van der Waals surface area contributed by atoms with Crippen molar-refractivity contribution in [3.05, 3.63) is 58.7 Å². The molecule has 0 heterocycles. The quantitative estimate of drug-likeness (QED) is 0.682. The van der Waals surface area contributed by atoms with Crippen LogP contribution in [-0.2, 0) is 24.1 Å². The van der Waals surface area contributed by atoms with Crippen LogP contribution in [0, 0.1) is 5.92 Å². The number of fused-ring (bicyclic) bond motifs is 1. The fraction of sp³-hybridized carbons (Fsp3) is 0.480. The lowest BCUT2D eigenvalue weighted by Gasteiger charge is -2.23. The number of hydrogen-bond acceptors (Lipinski definition) is 3. The van der Waals surface area contributed by atoms with E-state index in [-0.39, 0.29) is 17.9 Å². The average Bonchev–Trinajstić information content (AvgIpc) is 2.76. The molecule has 0 fully saturated rings. The highest BCUT2D eigenvalue weighted by Gasteiger charge is 2.20. The molecule has 0 radical (unpaired) electrons. The molecule has 0 spiro atoms. The van der Waals surface area contributed by atoms with E-state index in [9.17, 15) is 4.79 Å². The third kappa shape index (κ3) is 5.11. The van der Waals surface area contributed by atoms with E-state index in [4.69, 9.17) is 9.47 Å². The van der Waals surface area contributed by atoms with Gasteiger partial charge in [0, 0.05) is 5.92 Å². The molecule has 4 nitrogen and oxygen atoms in total. The van der Waals surface area contributed by atoms with Crippen molar-refractivity contribution in [2.45, 2.75) is 58.4 Å². The summed E-state index contributed by atoms with van der Waals surface area (Å²) in [6.07, 6.45) is 6.43. The summed E-state index contributed by atoms with van der Waals surface area (Å²) in [6.45, 7) is 4.11. The van der Waals surface area contributed by atoms with Gasteiger partial charge >= 0.3 is 0 Å². The van der Waals surface area contributed by atoms with E-state index < -0.39 is 0 Å². The molecule has 3 rings (SSSR count). The molecule has 2 unspecified atom stereocenters. The summed E-state index contributed by atoms with van der Waals surface area (Å²) < 4.78 is 10.7. The van der Waals surface area contributed by atoms with E-state index in [2.05, 4.69) is 30.4 Å². The zero-order chi connectivity index (χ0) is 20.8. The molecule has 2 aromatic carbocycles. The second-order valence-corrected chi connectivity index (χ2v) is 8.00. The number of nitrogens with one attached hydrogen (secondary N) is 1. The van der Waals surface area contributed by atoms with Crippen molar-refractivity contribution in [2.75, 3.05) is 14.2 Å². The first kappa shape index (κ1) is 21.2. The number of amides is 1. The number of methoxy groups -OCH3 is 2. The van der Waals surface area contributed by atoms with Crippen molar-refractivity contribution in [3.63, 3.8) is 0 Å². The maximum atomic E-state index is 12.9. The highest BCUT2D eigenvalue weighted by Crippen LogP contribution is 2.29. The second kappa shape index (κ2) is 9.82. The minimum atomic E-state index is -0.125. The number of hydrogen-bond donors (Lipinski definition) is 1. The molecular weight excluding hydrogens is 362 g/mol. The molecule has 0 saturated heterocycles. The molecule has 2 atom stereocenters. The van der Waals surface area contributed by atoms with Crippen LogP contribution in [0.4, 0.5) is 0 Å². The highest BCUT2D eigenvalue weighted by molar-refractivity contribution is 5.79. The monoisotopic (exact) mass is 395 g/mol. The van der Waals surface area contributed by atoms with Gasteiger partial charge in [-0.2, -0.15) is 0 Å². The van der Waals surface area contributed by atoms with Crippen LogP contribution >= 0.6 is 0 Å². The standard InChI is InChI=1S/C25H33NO3/c1-5-22(21-12-11-19-8-6-7-9-20(19)16-21)26-25(27)17(2)14-18-10-13-23(28-3)24(15-18)29-4/h10-13,15-17,22H,5-9,14H2,1-4H3,(H,26,27). The lowest BCUT2D eigenvalue weighted by molar-refractivity contribution is -0.125. The molecule has 1 aliphatic carbocycles. The second-order valence-electron chi connectivity index (χ2n) is 8.00. The Balaban J connectivity index is 1.66. The summed E-state index contributed by atoms with van der Waals surface area (Å²) in [7, 11) is 3.25. The van der Waals surface area contributed by atoms with Crippen LogP contribution in [0.15, 0.2) is 36.4 Å². The van der Waals surface area contributed by atoms with Crippen LogP contribution in [0.25, 0.3) is 0 Å². The number of aryl methyl sites for hydroxylation is 2. The molecule has 1 amide bonds. The molecule has 4 heteroatoms. The fourth-order valence-electron chi connectivity index (χ4n) is 4.16. The van der Waals surface area contributed by atoms with Gasteiger partial charge in [-0.3, -0.25) is 4.79 Å². The fourth-order valence-corrected chi connectivity index (χ4v) is 4.16. The first-order chi connectivity index (χ1) is 14.0. The van der Waals surface area contributed by atoms with E-state index in [1.165, 1.54) is 36.0 Å². The van der Waals surface area contributed by atoms with Gasteiger partial charge < -0.3 is 14.8 Å². The van der Waals surface area contributed by atoms with Crippen molar-refractivity contribution in [1.82, 2.24) is 5.32 Å². The third-order valence-electron chi connectivity index (χ3n) is 5.94. The summed E-state index contributed by atoms with van der Waals surface area (Å²) in [5.41, 5.74) is 5.22. The number of ether oxygens (including phenoxy) is 2. The van der Waals surface area contributed by atoms with Gasteiger partial charge in [0.05, 0.1) is 20.3 Å². The Labute approximate surface area is 174 Å². The van der Waals surface area contributed by atoms with Crippen LogP contribution in [0.3, 0.4) is 0 Å². The van der Waals surface area contributed by atoms with Crippen LogP contribution in [0.5, 0.6) is 11.5 Å². The number of carbonyl (C=O) groups excluding carboxylic acids is 1. The Kier molecular flexibility index (Phi) is 7.18. The SMILES string of the molecule is CCC(NC(=O)C(C)Cc1ccc(OC)c(OC)c1)c1ccc2c(c1)CCCC2. The Hall–Kier alpha value is -2.49. The minimum absolute atomic E-state index is 0.0579. The Morgan fingerprint density at radius 2 is 1.72 bits per heavy atom. The van der Waals surface area contributed by atoms with Crippen molar-refractivity contribution in [3.8, 4) is 11.5 Å². The van der Waals surface area contributed by atoms with E-state index in [1.807, 2.05) is 25.1 Å². The molecule has 0 saturated carbocycles. The summed E-state index contributed by atoms with van der Waals surface area (Å²) in [5.74, 6) is 1.36. The summed E-state index contributed by atoms with van der Waals surface area (Å²) in [4.78, 5) is 12.9. The molecule has 0 aliphatic heterocycles. The predicted molar refractivity (Wildman–Crippen MR) is 117 cm³/mol. The Bertz CT molecular complexity index is 846. The van der Waals surface area contributed by atoms with E-state index >= 15 is 0 Å². The van der Waals surface area contributed by atoms with Crippen molar-refractivity contribution in [2.24, 2.45) is 5.92 Å². The molecule has 29 heavy (non-hydrogen) atoms. The van der Waals surface area contributed by atoms with Gasteiger partial charge in [0.1, 0.15) is 0 Å². The Morgan fingerprint density at radius 3 is 2.41 bits per heavy atom. The summed E-state index contributed by atoms with van der Waals surface area (Å²) >= 11 is 0. The van der Waals surface area contributed by atoms with Gasteiger partial charge in [-0.05, 0) is 72.9 Å². The van der Waals surface area contributed by atoms with Gasteiger partial charge in [-0.25, -0.2) is 0 Å². The average molecular weight is 396 g/mol. The van der Waals surface area contributed by atoms with Crippen LogP contribution < -0.4 is 14.8 Å². The van der Waals surface area contributed by atoms with Gasteiger partial charge in [0.25, 0.3) is 0 Å². The number of benzene rings is 2. The predicted octanol–water partition coefficient (Wildman–Crippen LogP) is 5.03. The van der Waals surface area contributed by atoms with Crippen LogP contribution in [-0.4, -0.2) is 20.1 Å². The number of rotatable bonds is 8. The van der Waals surface area contributed by atoms with Crippen LogP contribution in [0.2, 0.25) is 0 Å². The lowest BCUT2D eigenvalue weighted by Crippen LogP contribution is -2.33. The zero-order valence-corrected chi connectivity index (χ0v) is 18.1. The first-order valence-corrected chi connectivity index (χ1v) is 10.7. The van der Waals surface area contributed by atoms with E-state index in [0.29, 0.717) is 17.9 Å². The van der Waals surface area contributed by atoms with Crippen molar-refractivity contribution in [1.29, 1.82) is 0 Å². The Morgan fingerprint density at radius 1 is 1.00 bits per heavy atom. The molecule has 0 bridgehead atoms. The molecule has 1 aliphatic rings. The normalized spacial score (nSPS) is 15.2. The molecule has 2 aromatic rings. The van der Waals surface area contributed by atoms with E-state index in [0.717, 1.165) is 18.4 Å². The number of carbonyl (C=O) groups is 1. The smallest absolute Gasteiger partial charge is 0.223 e. The molecular formula is C25H33NO3. The largest absolute Gasteiger partial charge is 0.493 e. The summed E-state index contributed by atoms with van der Waals surface area (Å²) in [5, 5.41) is 3.27. The van der Waals surface area contributed by atoms with Gasteiger partial charge in [0.15, 0.2) is 11.5 Å². The molecule has 156 valence electrons. The van der Waals surface area contributed by atoms with Crippen LogP contribution in [0.1, 0.15) is 61.4 Å². The maximum Gasteiger partial charge on any atom is 0.223 e. The molecule has 0 aromatic heterocycles. The minimum Gasteiger partial charge on any atom is -0.493 e. The first-order valence-electron chi connectivity index (χ1n) is 10.7. The highest BCUT2D eigenvalue weighted by atomic mass is 16.5. The van der Waals surface area contributed by atoms with Crippen molar-refractivity contribution < 1.29 is 14.3 Å². The maximum absolute atomic E-state index is 12.9. The topological polar surface area (TPSA) is 47.6 Å². The molecule has 1 N–H and O–H groups in total.